The summed E-state index contributed by atoms with van der Waals surface area (Å²) >= 11 is 0. The summed E-state index contributed by atoms with van der Waals surface area (Å²) in [4.78, 5) is 68.4. The predicted octanol–water partition coefficient (Wildman–Crippen LogP) is 5.78. The molecule has 0 unspecified atom stereocenters. The third kappa shape index (κ3) is 17.0. The number of Topliss-reactive ketones (excluding diaryl/α,β-unsaturated/α-hetero) is 2. The molecule has 0 radical (unpaired) electrons. The van der Waals surface area contributed by atoms with Crippen molar-refractivity contribution >= 4 is 35.4 Å². The molecule has 4 aromatic carbocycles. The first-order valence-electron chi connectivity index (χ1n) is 21.5. The standard InChI is InChI=1S/C25H27N3O5.C19H23NO3.C6H6N2O3/c1-3-33-25(32)23(30)14-20(26-24(31)22-15-21(16(2)29)27-28-22)13-17-9-11-19(12-10-17)18-7-5-4-6-8-18;1-2-23-19(22)18(21)13-17(20)12-14-8-10-16(11-9-14)15-6-4-3-5-7-15;1-3(9)4-2-5(6(10)11)8-7-4/h4-12,15,20,23,30H,3,13-14H2,1-2H3,(H,26,31)(H,27,28);3-11,17-18,21H,2,12-13,20H2,1H3;2H,1H3,(H,7,8)(H,10,11)/t20-,23-;17-,18-;/m11./s1. The lowest BCUT2D eigenvalue weighted by atomic mass is 9.97. The number of ketones is 2. The van der Waals surface area contributed by atoms with Crippen LogP contribution in [-0.2, 0) is 31.9 Å². The fourth-order valence-electron chi connectivity index (χ4n) is 6.51. The van der Waals surface area contributed by atoms with Crippen molar-refractivity contribution < 1.29 is 53.6 Å². The van der Waals surface area contributed by atoms with E-state index in [2.05, 4.69) is 50.0 Å². The summed E-state index contributed by atoms with van der Waals surface area (Å²) in [6.45, 7) is 6.45. The number of H-pyrrole nitrogens is 2. The highest BCUT2D eigenvalue weighted by Gasteiger charge is 2.25. The van der Waals surface area contributed by atoms with E-state index in [1.165, 1.54) is 31.5 Å². The van der Waals surface area contributed by atoms with Crippen molar-refractivity contribution in [3.05, 3.63) is 155 Å². The van der Waals surface area contributed by atoms with Crippen molar-refractivity contribution in [3.63, 3.8) is 0 Å². The second-order valence-electron chi connectivity index (χ2n) is 15.2. The number of aromatic carboxylic acids is 1. The number of aromatic amines is 2. The number of ether oxygens (including phenoxy) is 2. The summed E-state index contributed by atoms with van der Waals surface area (Å²) in [7, 11) is 0. The van der Waals surface area contributed by atoms with Crippen LogP contribution in [0.1, 0.15) is 93.6 Å². The van der Waals surface area contributed by atoms with Crippen molar-refractivity contribution in [1.82, 2.24) is 25.7 Å². The molecule has 0 saturated heterocycles. The monoisotopic (exact) mass is 916 g/mol. The molecule has 8 N–H and O–H groups in total. The number of rotatable bonds is 19. The molecule has 2 heterocycles. The molecule has 6 aromatic rings. The molecule has 4 atom stereocenters. The Hall–Kier alpha value is -7.60. The zero-order chi connectivity index (χ0) is 48.9. The van der Waals surface area contributed by atoms with E-state index in [1.807, 2.05) is 84.9 Å². The number of esters is 2. The summed E-state index contributed by atoms with van der Waals surface area (Å²) in [5.41, 5.74) is 12.8. The zero-order valence-electron chi connectivity index (χ0n) is 37.7. The number of carboxylic acids is 1. The number of carboxylic acid groups (broad SMARTS) is 1. The molecule has 0 bridgehead atoms. The van der Waals surface area contributed by atoms with E-state index >= 15 is 0 Å². The summed E-state index contributed by atoms with van der Waals surface area (Å²) < 4.78 is 9.66. The van der Waals surface area contributed by atoms with E-state index in [9.17, 15) is 39.0 Å². The molecule has 0 aliphatic heterocycles. The van der Waals surface area contributed by atoms with Gasteiger partial charge in [-0.15, -0.1) is 0 Å². The number of nitrogens with two attached hydrogens (primary N) is 1. The lowest BCUT2D eigenvalue weighted by Gasteiger charge is -2.21. The lowest BCUT2D eigenvalue weighted by molar-refractivity contribution is -0.154. The van der Waals surface area contributed by atoms with Crippen LogP contribution in [-0.4, -0.2) is 109 Å². The molecular weight excluding hydrogens is 861 g/mol. The van der Waals surface area contributed by atoms with Gasteiger partial charge < -0.3 is 35.8 Å². The SMILES string of the molecule is CC(=O)c1cc(C(=O)O)[nH]n1.CCOC(=O)[C@H](O)C[C@@H](Cc1ccc(-c2ccccc2)cc1)NC(=O)c1cc(C(C)=O)n[nH]1.CCOC(=O)[C@H](O)C[C@H](N)Cc1ccc(-c2ccccc2)cc1. The average molecular weight is 917 g/mol. The van der Waals surface area contributed by atoms with Crippen LogP contribution < -0.4 is 11.1 Å². The normalized spacial score (nSPS) is 12.3. The molecule has 1 amide bonds. The second-order valence-corrected chi connectivity index (χ2v) is 15.2. The smallest absolute Gasteiger partial charge is 0.353 e. The Bertz CT molecular complexity index is 2500. The summed E-state index contributed by atoms with van der Waals surface area (Å²) in [6, 6.07) is 37.8. The van der Waals surface area contributed by atoms with Gasteiger partial charge in [-0.25, -0.2) is 14.4 Å². The second kappa shape index (κ2) is 26.4. The number of hydrogen-bond acceptors (Lipinski definition) is 13. The third-order valence-corrected chi connectivity index (χ3v) is 9.94. The largest absolute Gasteiger partial charge is 0.477 e. The van der Waals surface area contributed by atoms with Gasteiger partial charge in [0.15, 0.2) is 23.8 Å². The number of amides is 1. The van der Waals surface area contributed by atoms with Crippen molar-refractivity contribution in [2.75, 3.05) is 13.2 Å². The van der Waals surface area contributed by atoms with Crippen LogP contribution in [0.15, 0.2) is 121 Å². The lowest BCUT2D eigenvalue weighted by Crippen LogP contribution is -2.41. The van der Waals surface area contributed by atoms with Gasteiger partial charge in [0, 0.05) is 38.4 Å². The minimum atomic E-state index is -1.38. The van der Waals surface area contributed by atoms with Crippen molar-refractivity contribution in [1.29, 1.82) is 0 Å². The topological polar surface area (TPSA) is 277 Å². The molecule has 0 fully saturated rings. The van der Waals surface area contributed by atoms with Crippen molar-refractivity contribution in [2.24, 2.45) is 5.73 Å². The molecular formula is C50H56N6O11. The van der Waals surface area contributed by atoms with Crippen LogP contribution in [0.25, 0.3) is 22.3 Å². The van der Waals surface area contributed by atoms with Crippen LogP contribution >= 0.6 is 0 Å². The number of aliphatic hydroxyl groups excluding tert-OH is 2. The van der Waals surface area contributed by atoms with Crippen LogP contribution in [0.3, 0.4) is 0 Å². The molecule has 0 saturated carbocycles. The van der Waals surface area contributed by atoms with E-state index in [0.717, 1.165) is 27.8 Å². The Morgan fingerprint density at radius 3 is 1.40 bits per heavy atom. The highest BCUT2D eigenvalue weighted by molar-refractivity contribution is 5.98. The van der Waals surface area contributed by atoms with Crippen molar-refractivity contribution in [2.45, 2.75) is 77.7 Å². The number of carbonyl (C=O) groups is 6. The third-order valence-electron chi connectivity index (χ3n) is 9.94. The summed E-state index contributed by atoms with van der Waals surface area (Å²) in [5.74, 6) is -3.48. The maximum atomic E-state index is 12.7. The highest BCUT2D eigenvalue weighted by atomic mass is 16.5. The molecule has 2 aromatic heterocycles. The van der Waals surface area contributed by atoms with Gasteiger partial charge in [-0.05, 0) is 72.6 Å². The van der Waals surface area contributed by atoms with E-state index in [0.29, 0.717) is 12.8 Å². The van der Waals surface area contributed by atoms with Gasteiger partial charge in [-0.2, -0.15) is 10.2 Å². The highest BCUT2D eigenvalue weighted by Crippen LogP contribution is 2.22. The van der Waals surface area contributed by atoms with Gasteiger partial charge in [0.25, 0.3) is 5.91 Å². The van der Waals surface area contributed by atoms with E-state index in [4.69, 9.17) is 20.3 Å². The average Bonchev–Trinajstić information content (AvgIpc) is 4.04. The Labute approximate surface area is 387 Å². The van der Waals surface area contributed by atoms with Gasteiger partial charge in [-0.3, -0.25) is 24.6 Å². The predicted molar refractivity (Wildman–Crippen MR) is 249 cm³/mol. The molecule has 17 heteroatoms. The van der Waals surface area contributed by atoms with Crippen molar-refractivity contribution in [3.8, 4) is 22.3 Å². The van der Waals surface area contributed by atoms with E-state index in [1.54, 1.807) is 13.8 Å². The number of carbonyl (C=O) groups excluding carboxylic acids is 5. The quantitative estimate of drug-likeness (QED) is 0.0375. The van der Waals surface area contributed by atoms with Gasteiger partial charge in [0.2, 0.25) is 0 Å². The number of aliphatic hydroxyl groups is 2. The first kappa shape index (κ1) is 52.0. The molecule has 0 aliphatic rings. The Balaban J connectivity index is 0.000000248. The first-order valence-corrected chi connectivity index (χ1v) is 21.5. The molecule has 0 aliphatic carbocycles. The fourth-order valence-corrected chi connectivity index (χ4v) is 6.51. The van der Waals surface area contributed by atoms with Gasteiger partial charge >= 0.3 is 17.9 Å². The van der Waals surface area contributed by atoms with Crippen LogP contribution in [0.5, 0.6) is 0 Å². The maximum Gasteiger partial charge on any atom is 0.353 e. The number of aromatic nitrogens is 4. The first-order chi connectivity index (χ1) is 32.1. The molecule has 6 rings (SSSR count). The molecule has 0 spiro atoms. The summed E-state index contributed by atoms with van der Waals surface area (Å²) in [6.07, 6.45) is -1.39. The zero-order valence-corrected chi connectivity index (χ0v) is 37.7. The van der Waals surface area contributed by atoms with E-state index in [-0.39, 0.29) is 66.4 Å². The van der Waals surface area contributed by atoms with E-state index < -0.39 is 42.1 Å². The van der Waals surface area contributed by atoms with Gasteiger partial charge in [0.05, 0.1) is 13.2 Å². The van der Waals surface area contributed by atoms with Crippen LogP contribution in [0.4, 0.5) is 0 Å². The van der Waals surface area contributed by atoms with Gasteiger partial charge in [0.1, 0.15) is 22.8 Å². The molecule has 352 valence electrons. The van der Waals surface area contributed by atoms with Crippen LogP contribution in [0.2, 0.25) is 0 Å². The van der Waals surface area contributed by atoms with Gasteiger partial charge in [-0.1, -0.05) is 109 Å². The molecule has 67 heavy (non-hydrogen) atoms. The maximum absolute atomic E-state index is 12.7. The molecule has 17 nitrogen and oxygen atoms in total. The Morgan fingerprint density at radius 2 is 1.00 bits per heavy atom. The number of benzene rings is 4. The Morgan fingerprint density at radius 1 is 0.597 bits per heavy atom. The number of nitrogens with one attached hydrogen (secondary N) is 3. The van der Waals surface area contributed by atoms with Crippen LogP contribution in [0, 0.1) is 0 Å². The number of nitrogens with zero attached hydrogens (tertiary/aromatic N) is 2. The Kier molecular flexibility index (Phi) is 20.5. The number of hydrogen-bond donors (Lipinski definition) is 7. The fraction of sp³-hybridized carbons (Fsp3) is 0.280. The minimum absolute atomic E-state index is 0.0291. The summed E-state index contributed by atoms with van der Waals surface area (Å²) in [5, 5.41) is 43.3. The minimum Gasteiger partial charge on any atom is -0.477 e.